The van der Waals surface area contributed by atoms with Gasteiger partial charge in [-0.15, -0.1) is 0 Å². The molecule has 6 aromatic carbocycles. The first kappa shape index (κ1) is 41.9. The third-order valence-electron chi connectivity index (χ3n) is 9.01. The second-order valence-corrected chi connectivity index (χ2v) is 13.3. The molecule has 0 fully saturated rings. The Labute approximate surface area is 357 Å². The predicted octanol–water partition coefficient (Wildman–Crippen LogP) is 8.01. The summed E-state index contributed by atoms with van der Waals surface area (Å²) in [6, 6.07) is 41.0. The van der Waals surface area contributed by atoms with Crippen LogP contribution >= 0.6 is 0 Å². The van der Waals surface area contributed by atoms with Gasteiger partial charge in [0.25, 0.3) is 23.6 Å². The van der Waals surface area contributed by atoms with Crippen molar-refractivity contribution >= 4 is 46.4 Å². The monoisotopic (exact) mass is 834 g/mol. The van der Waals surface area contributed by atoms with E-state index in [-0.39, 0.29) is 62.3 Å². The van der Waals surface area contributed by atoms with Crippen LogP contribution in [0.5, 0.6) is 34.5 Å². The van der Waals surface area contributed by atoms with E-state index in [4.69, 9.17) is 28.4 Å². The minimum Gasteiger partial charge on any atom is -0.489 e. The molecule has 4 N–H and O–H groups in total. The molecule has 0 unspecified atom stereocenters. The number of rotatable bonds is 0. The zero-order valence-corrected chi connectivity index (χ0v) is 33.3. The highest BCUT2D eigenvalue weighted by Crippen LogP contribution is 2.30. The molecule has 0 radical (unpaired) electrons. The van der Waals surface area contributed by atoms with E-state index in [0.717, 1.165) is 0 Å². The number of fused-ring (bicyclic) bond motifs is 6. The number of carbonyl (C=O) groups is 4. The van der Waals surface area contributed by atoms with Crippen LogP contribution in [-0.2, 0) is 9.59 Å². The molecule has 14 nitrogen and oxygen atoms in total. The lowest BCUT2D eigenvalue weighted by Crippen LogP contribution is -2.22. The Morgan fingerprint density at radius 3 is 1.02 bits per heavy atom. The van der Waals surface area contributed by atoms with Gasteiger partial charge in [0.05, 0.1) is 33.9 Å². The summed E-state index contributed by atoms with van der Waals surface area (Å²) in [6.45, 7) is -0.281. The van der Waals surface area contributed by atoms with Crippen molar-refractivity contribution in [3.63, 3.8) is 0 Å². The van der Waals surface area contributed by atoms with Gasteiger partial charge in [-0.05, 0) is 84.9 Å². The quantitative estimate of drug-likeness (QED) is 0.110. The van der Waals surface area contributed by atoms with Crippen LogP contribution in [0.15, 0.2) is 158 Å². The van der Waals surface area contributed by atoms with E-state index in [1.807, 2.05) is 0 Å². The maximum absolute atomic E-state index is 13.5. The largest absolute Gasteiger partial charge is 0.489 e. The van der Waals surface area contributed by atoms with Gasteiger partial charge in [-0.1, -0.05) is 72.8 Å². The lowest BCUT2D eigenvalue weighted by Gasteiger charge is -2.16. The van der Waals surface area contributed by atoms with Gasteiger partial charge in [-0.25, -0.2) is 0 Å². The molecule has 314 valence electrons. The maximum Gasteiger partial charge on any atom is 0.262 e. The Bertz CT molecular complexity index is 2390. The highest BCUT2D eigenvalue weighted by atomic mass is 16.5. The average Bonchev–Trinajstić information content (AvgIpc) is 3.29. The Morgan fingerprint density at radius 2 is 0.629 bits per heavy atom. The number of nitrogens with one attached hydrogen (secondary N) is 4. The van der Waals surface area contributed by atoms with E-state index in [2.05, 4.69) is 21.3 Å². The zero-order valence-electron chi connectivity index (χ0n) is 33.3. The summed E-state index contributed by atoms with van der Waals surface area (Å²) in [5.74, 6) is 0.239. The first-order valence-electron chi connectivity index (χ1n) is 19.6. The molecule has 0 saturated carbocycles. The lowest BCUT2D eigenvalue weighted by atomic mass is 10.1. The van der Waals surface area contributed by atoms with Gasteiger partial charge >= 0.3 is 0 Å². The summed E-state index contributed by atoms with van der Waals surface area (Å²) in [7, 11) is 0. The Balaban J connectivity index is 1.09. The van der Waals surface area contributed by atoms with Gasteiger partial charge in [0.1, 0.15) is 60.9 Å². The second kappa shape index (κ2) is 21.1. The topological polar surface area (TPSA) is 172 Å². The first-order valence-corrected chi connectivity index (χ1v) is 19.6. The van der Waals surface area contributed by atoms with Crippen LogP contribution in [0.2, 0.25) is 0 Å². The number of benzene rings is 6. The molecule has 7 rings (SSSR count). The molecule has 0 aliphatic carbocycles. The molecule has 1 aliphatic rings. The minimum atomic E-state index is -0.459. The average molecular weight is 835 g/mol. The molecular weight excluding hydrogens is 793 g/mol. The van der Waals surface area contributed by atoms with E-state index >= 15 is 0 Å². The van der Waals surface area contributed by atoms with Gasteiger partial charge in [0, 0.05) is 0 Å². The molecule has 1 heterocycles. The number of carbonyl (C=O) groups excluding carboxylic acids is 4. The van der Waals surface area contributed by atoms with Crippen LogP contribution in [0.25, 0.3) is 0 Å². The van der Waals surface area contributed by atoms with E-state index < -0.39 is 23.6 Å². The van der Waals surface area contributed by atoms with Crippen molar-refractivity contribution in [1.29, 1.82) is 0 Å². The van der Waals surface area contributed by atoms with Crippen molar-refractivity contribution in [1.82, 2.24) is 0 Å². The number of ether oxygens (including phenoxy) is 6. The normalized spacial score (nSPS) is 14.5. The zero-order chi connectivity index (χ0) is 42.9. The molecule has 14 heteroatoms. The molecule has 0 spiro atoms. The summed E-state index contributed by atoms with van der Waals surface area (Å²) in [5, 5.41) is 11.3. The Morgan fingerprint density at radius 1 is 0.323 bits per heavy atom. The number of anilines is 4. The number of para-hydroxylation sites is 10. The SMILES string of the molecule is O=C1COc2ccccc2NC(=O)c2ccccc2OCC=CCOc2ccccc2C(=O)Nc2ccccc2OCC(=O)Nc2ccccc2OCCOc2ccccc2N1. The van der Waals surface area contributed by atoms with E-state index in [1.165, 1.54) is 0 Å². The van der Waals surface area contributed by atoms with Crippen molar-refractivity contribution in [2.45, 2.75) is 0 Å². The molecule has 62 heavy (non-hydrogen) atoms. The first-order chi connectivity index (χ1) is 30.4. The predicted molar refractivity (Wildman–Crippen MR) is 234 cm³/mol. The van der Waals surface area contributed by atoms with Crippen molar-refractivity contribution < 1.29 is 47.6 Å². The molecule has 0 bridgehead atoms. The van der Waals surface area contributed by atoms with Gasteiger partial charge in [-0.3, -0.25) is 19.2 Å². The maximum atomic E-state index is 13.5. The highest BCUT2D eigenvalue weighted by molar-refractivity contribution is 6.07. The molecule has 0 aromatic heterocycles. The van der Waals surface area contributed by atoms with Gasteiger partial charge in [-0.2, -0.15) is 0 Å². The van der Waals surface area contributed by atoms with Gasteiger partial charge in [0.15, 0.2) is 13.2 Å². The smallest absolute Gasteiger partial charge is 0.262 e. The summed E-state index contributed by atoms with van der Waals surface area (Å²) in [6.07, 6.45) is 3.47. The summed E-state index contributed by atoms with van der Waals surface area (Å²) in [4.78, 5) is 53.3. The summed E-state index contributed by atoms with van der Waals surface area (Å²) >= 11 is 0. The third kappa shape index (κ3) is 11.5. The molecule has 6 aromatic rings. The minimum absolute atomic E-state index is 0.103. The molecule has 1 aliphatic heterocycles. The van der Waals surface area contributed by atoms with Crippen LogP contribution in [0, 0.1) is 0 Å². The molecular formula is C48H42N4O10. The molecule has 4 amide bonds. The van der Waals surface area contributed by atoms with Crippen molar-refractivity contribution in [2.24, 2.45) is 0 Å². The van der Waals surface area contributed by atoms with Crippen molar-refractivity contribution in [2.75, 3.05) is 60.9 Å². The van der Waals surface area contributed by atoms with Gasteiger partial charge < -0.3 is 49.7 Å². The number of hydrogen-bond donors (Lipinski definition) is 4. The fourth-order valence-corrected chi connectivity index (χ4v) is 6.10. The van der Waals surface area contributed by atoms with Crippen LogP contribution in [0.3, 0.4) is 0 Å². The standard InChI is InChI=1S/C48H42N4O10/c53-45-31-61-43-25-11-5-19-37(43)51-47(55)33-15-1-7-21-39(33)57-27-13-14-28-58-40-22-8-2-16-34(40)48(56)52-38-20-6-12-26-44(38)62-32-46(54)50-36-18-4-10-24-42(36)60-30-29-59-41-23-9-3-17-35(41)49-45/h1-26H,27-32H2,(H,49,53)(H,50,54)(H,51,55)(H,52,56). The number of amides is 4. The molecule has 0 atom stereocenters. The van der Waals surface area contributed by atoms with Crippen LogP contribution in [0.4, 0.5) is 22.7 Å². The second-order valence-electron chi connectivity index (χ2n) is 13.3. The van der Waals surface area contributed by atoms with Crippen molar-refractivity contribution in [3.8, 4) is 34.5 Å². The number of hydrogen-bond acceptors (Lipinski definition) is 10. The third-order valence-corrected chi connectivity index (χ3v) is 9.01. The lowest BCUT2D eigenvalue weighted by molar-refractivity contribution is -0.118. The van der Waals surface area contributed by atoms with Gasteiger partial charge in [0.2, 0.25) is 0 Å². The fourth-order valence-electron chi connectivity index (χ4n) is 6.10. The van der Waals surface area contributed by atoms with E-state index in [1.54, 1.807) is 158 Å². The fraction of sp³-hybridized carbons (Fsp3) is 0.125. The van der Waals surface area contributed by atoms with Crippen molar-refractivity contribution in [3.05, 3.63) is 169 Å². The molecule has 0 saturated heterocycles. The van der Waals surface area contributed by atoms with Crippen LogP contribution in [-0.4, -0.2) is 63.3 Å². The summed E-state index contributed by atoms with van der Waals surface area (Å²) < 4.78 is 35.6. The summed E-state index contributed by atoms with van der Waals surface area (Å²) in [5.41, 5.74) is 2.10. The highest BCUT2D eigenvalue weighted by Gasteiger charge is 2.18. The van der Waals surface area contributed by atoms with E-state index in [9.17, 15) is 19.2 Å². The van der Waals surface area contributed by atoms with Crippen LogP contribution < -0.4 is 49.7 Å². The van der Waals surface area contributed by atoms with E-state index in [0.29, 0.717) is 45.7 Å². The Hall–Kier alpha value is -8.26. The Kier molecular flexibility index (Phi) is 14.3. The van der Waals surface area contributed by atoms with Crippen LogP contribution in [0.1, 0.15) is 20.7 Å².